The van der Waals surface area contributed by atoms with E-state index >= 15 is 0 Å². The fourth-order valence-electron chi connectivity index (χ4n) is 3.58. The Bertz CT molecular complexity index is 1170. The second-order valence-corrected chi connectivity index (χ2v) is 7.53. The van der Waals surface area contributed by atoms with Gasteiger partial charge in [-0.3, -0.25) is 4.79 Å². The summed E-state index contributed by atoms with van der Waals surface area (Å²) in [6.45, 7) is 4.09. The maximum absolute atomic E-state index is 12.6. The van der Waals surface area contributed by atoms with Gasteiger partial charge in [0, 0.05) is 11.3 Å². The molecule has 0 saturated carbocycles. The molecule has 0 saturated heterocycles. The molecule has 1 aliphatic rings. The Morgan fingerprint density at radius 3 is 2.57 bits per heavy atom. The Balaban J connectivity index is 1.81. The van der Waals surface area contributed by atoms with Crippen molar-refractivity contribution in [2.45, 2.75) is 26.4 Å². The first kappa shape index (κ1) is 19.9. The molecule has 0 aliphatic carbocycles. The van der Waals surface area contributed by atoms with Gasteiger partial charge in [-0.15, -0.1) is 12.6 Å². The molecule has 0 fully saturated rings. The number of furan rings is 1. The molecular formula is C24H21N3O2S. The van der Waals surface area contributed by atoms with Crippen LogP contribution in [0.25, 0.3) is 11.3 Å². The first-order chi connectivity index (χ1) is 14.5. The van der Waals surface area contributed by atoms with Crippen LogP contribution in [0.4, 0.5) is 5.69 Å². The molecule has 0 bridgehead atoms. The second kappa shape index (κ2) is 8.13. The summed E-state index contributed by atoms with van der Waals surface area (Å²) >= 11 is 4.57. The van der Waals surface area contributed by atoms with Gasteiger partial charge in [-0.05, 0) is 37.1 Å². The van der Waals surface area contributed by atoms with E-state index in [-0.39, 0.29) is 5.57 Å². The van der Waals surface area contributed by atoms with Gasteiger partial charge in [-0.2, -0.15) is 5.26 Å². The molecule has 1 aliphatic heterocycles. The van der Waals surface area contributed by atoms with E-state index in [1.807, 2.05) is 78.6 Å². The van der Waals surface area contributed by atoms with Crippen LogP contribution in [0.15, 0.2) is 75.7 Å². The number of hydrogen-bond donors (Lipinski definition) is 2. The quantitative estimate of drug-likeness (QED) is 0.581. The lowest BCUT2D eigenvalue weighted by Gasteiger charge is -2.37. The number of hydrogen-bond acceptors (Lipinski definition) is 5. The number of amides is 1. The average molecular weight is 416 g/mol. The van der Waals surface area contributed by atoms with Crippen LogP contribution in [0.1, 0.15) is 30.0 Å². The summed E-state index contributed by atoms with van der Waals surface area (Å²) < 4.78 is 6.14. The zero-order valence-corrected chi connectivity index (χ0v) is 17.6. The van der Waals surface area contributed by atoms with Gasteiger partial charge in [0.2, 0.25) is 0 Å². The summed E-state index contributed by atoms with van der Waals surface area (Å²) in [7, 11) is 0. The average Bonchev–Trinajstić information content (AvgIpc) is 3.24. The molecule has 2 heterocycles. The molecule has 1 N–H and O–H groups in total. The molecular weight excluding hydrogens is 394 g/mol. The molecule has 1 aromatic heterocycles. The number of carbonyl (C=O) groups excluding carboxylic acids is 1. The van der Waals surface area contributed by atoms with Gasteiger partial charge in [-0.25, -0.2) is 0 Å². The highest BCUT2D eigenvalue weighted by atomic mass is 32.1. The van der Waals surface area contributed by atoms with E-state index < -0.39 is 12.1 Å². The van der Waals surface area contributed by atoms with Crippen LogP contribution in [0.2, 0.25) is 0 Å². The van der Waals surface area contributed by atoms with Crippen molar-refractivity contribution >= 4 is 24.2 Å². The number of nitrogens with one attached hydrogen (secondary N) is 1. The lowest BCUT2D eigenvalue weighted by Crippen LogP contribution is -2.46. The predicted octanol–water partition coefficient (Wildman–Crippen LogP) is 5.12. The lowest BCUT2D eigenvalue weighted by molar-refractivity contribution is -0.118. The lowest BCUT2D eigenvalue weighted by atomic mass is 10.1. The van der Waals surface area contributed by atoms with Gasteiger partial charge in [0.05, 0.1) is 5.03 Å². The largest absolute Gasteiger partial charge is 0.457 e. The van der Waals surface area contributed by atoms with Crippen LogP contribution < -0.4 is 10.2 Å². The number of nitrogens with zero attached hydrogens (tertiary/aromatic N) is 2. The number of benzene rings is 2. The Morgan fingerprint density at radius 2 is 1.87 bits per heavy atom. The highest BCUT2D eigenvalue weighted by molar-refractivity contribution is 7.84. The van der Waals surface area contributed by atoms with E-state index in [4.69, 9.17) is 4.42 Å². The van der Waals surface area contributed by atoms with Crippen molar-refractivity contribution in [1.29, 1.82) is 5.26 Å². The fourth-order valence-corrected chi connectivity index (χ4v) is 3.95. The molecule has 30 heavy (non-hydrogen) atoms. The van der Waals surface area contributed by atoms with Gasteiger partial charge < -0.3 is 14.6 Å². The molecule has 0 spiro atoms. The van der Waals surface area contributed by atoms with E-state index in [9.17, 15) is 10.1 Å². The van der Waals surface area contributed by atoms with Gasteiger partial charge in [0.1, 0.15) is 23.2 Å². The molecule has 0 radical (unpaired) electrons. The van der Waals surface area contributed by atoms with Crippen LogP contribution in [-0.2, 0) is 11.2 Å². The first-order valence-corrected chi connectivity index (χ1v) is 10.2. The van der Waals surface area contributed by atoms with Gasteiger partial charge in [-0.1, -0.05) is 55.0 Å². The van der Waals surface area contributed by atoms with Crippen molar-refractivity contribution in [3.63, 3.8) is 0 Å². The first-order valence-electron chi connectivity index (χ1n) is 9.71. The smallest absolute Gasteiger partial charge is 0.266 e. The minimum atomic E-state index is -0.617. The van der Waals surface area contributed by atoms with E-state index in [0.29, 0.717) is 16.5 Å². The number of nitriles is 1. The van der Waals surface area contributed by atoms with Gasteiger partial charge in [0.15, 0.2) is 6.17 Å². The third kappa shape index (κ3) is 3.49. The number of thiol groups is 1. The molecule has 2 aromatic carbocycles. The van der Waals surface area contributed by atoms with Crippen LogP contribution >= 0.6 is 12.6 Å². The van der Waals surface area contributed by atoms with Crippen LogP contribution in [0.3, 0.4) is 0 Å². The molecule has 1 amide bonds. The maximum atomic E-state index is 12.6. The van der Waals surface area contributed by atoms with Crippen molar-refractivity contribution in [2.24, 2.45) is 0 Å². The Kier molecular flexibility index (Phi) is 5.39. The summed E-state index contributed by atoms with van der Waals surface area (Å²) in [5.41, 5.74) is 4.05. The molecule has 6 heteroatoms. The van der Waals surface area contributed by atoms with Crippen LogP contribution in [-0.4, -0.2) is 5.91 Å². The third-order valence-electron chi connectivity index (χ3n) is 5.18. The molecule has 1 unspecified atom stereocenters. The normalized spacial score (nSPS) is 16.4. The molecule has 4 rings (SSSR count). The fraction of sp³-hybridized carbons (Fsp3) is 0.167. The summed E-state index contributed by atoms with van der Waals surface area (Å²) in [4.78, 5) is 14.4. The van der Waals surface area contributed by atoms with Crippen molar-refractivity contribution < 1.29 is 9.21 Å². The van der Waals surface area contributed by atoms with Crippen molar-refractivity contribution in [2.75, 3.05) is 4.90 Å². The summed E-state index contributed by atoms with van der Waals surface area (Å²) in [5, 5.41) is 12.7. The zero-order valence-electron chi connectivity index (χ0n) is 16.7. The minimum Gasteiger partial charge on any atom is -0.457 e. The molecule has 1 atom stereocenters. The van der Waals surface area contributed by atoms with E-state index in [0.717, 1.165) is 23.2 Å². The Labute approximate surface area is 181 Å². The topological polar surface area (TPSA) is 69.3 Å². The SMILES string of the molecule is CCc1ccccc1N1C(S)=C(C#N)C(=O)NC1c1ccc(-c2ccc(C)cc2)o1. The minimum absolute atomic E-state index is 0.0224. The number of carbonyl (C=O) groups is 1. The summed E-state index contributed by atoms with van der Waals surface area (Å²) in [6.07, 6.45) is 0.178. The number of para-hydroxylation sites is 1. The predicted molar refractivity (Wildman–Crippen MR) is 120 cm³/mol. The highest BCUT2D eigenvalue weighted by Gasteiger charge is 2.36. The zero-order chi connectivity index (χ0) is 21.3. The number of rotatable bonds is 4. The summed E-state index contributed by atoms with van der Waals surface area (Å²) in [5.74, 6) is 0.804. The van der Waals surface area contributed by atoms with Crippen LogP contribution in [0, 0.1) is 18.3 Å². The van der Waals surface area contributed by atoms with Crippen molar-refractivity contribution in [3.8, 4) is 17.4 Å². The highest BCUT2D eigenvalue weighted by Crippen LogP contribution is 2.39. The van der Waals surface area contributed by atoms with Crippen molar-refractivity contribution in [1.82, 2.24) is 5.32 Å². The maximum Gasteiger partial charge on any atom is 0.266 e. The third-order valence-corrected chi connectivity index (χ3v) is 5.62. The van der Waals surface area contributed by atoms with E-state index in [2.05, 4.69) is 24.9 Å². The second-order valence-electron chi connectivity index (χ2n) is 7.11. The summed E-state index contributed by atoms with van der Waals surface area (Å²) in [6, 6.07) is 21.6. The Morgan fingerprint density at radius 1 is 1.13 bits per heavy atom. The van der Waals surface area contributed by atoms with Crippen LogP contribution in [0.5, 0.6) is 0 Å². The van der Waals surface area contributed by atoms with E-state index in [1.54, 1.807) is 0 Å². The van der Waals surface area contributed by atoms with Crippen molar-refractivity contribution in [3.05, 3.63) is 88.2 Å². The Hall–Kier alpha value is -3.43. The van der Waals surface area contributed by atoms with Gasteiger partial charge in [0.25, 0.3) is 5.91 Å². The number of aryl methyl sites for hydroxylation is 2. The molecule has 3 aromatic rings. The standard InChI is InChI=1S/C24H21N3O2S/c1-3-16-6-4-5-7-19(16)27-22(26-23(28)18(14-25)24(27)30)21-13-12-20(29-21)17-10-8-15(2)9-11-17/h4-13,22,30H,3H2,1-2H3,(H,26,28). The molecule has 150 valence electrons. The number of anilines is 1. The molecule has 5 nitrogen and oxygen atoms in total. The monoisotopic (exact) mass is 415 g/mol. The van der Waals surface area contributed by atoms with Gasteiger partial charge >= 0.3 is 0 Å². The van der Waals surface area contributed by atoms with E-state index in [1.165, 1.54) is 5.56 Å².